The van der Waals surface area contributed by atoms with Gasteiger partial charge in [0.25, 0.3) is 0 Å². The molecule has 30 heavy (non-hydrogen) atoms. The fraction of sp³-hybridized carbons (Fsp3) is 0.250. The minimum absolute atomic E-state index is 0.0828. The number of nitrogens with one attached hydrogen (secondary N) is 3. The van der Waals surface area contributed by atoms with Crippen molar-refractivity contribution >= 4 is 10.9 Å². The maximum atomic E-state index is 14.4. The Morgan fingerprint density at radius 2 is 1.87 bits per heavy atom. The summed E-state index contributed by atoms with van der Waals surface area (Å²) in [4.78, 5) is 3.06. The molecule has 0 saturated heterocycles. The van der Waals surface area contributed by atoms with Crippen LogP contribution in [0.15, 0.2) is 61.3 Å². The van der Waals surface area contributed by atoms with Crippen molar-refractivity contribution in [2.45, 2.75) is 25.3 Å². The smallest absolute Gasteiger partial charge is 0.150 e. The van der Waals surface area contributed by atoms with E-state index in [1.807, 2.05) is 13.1 Å². The number of aromatic amines is 1. The molecule has 1 aromatic heterocycles. The molecule has 3 rings (SSSR count). The van der Waals surface area contributed by atoms with Crippen LogP contribution < -0.4 is 10.6 Å². The lowest BCUT2D eigenvalue weighted by atomic mass is 10.00. The third-order valence-electron chi connectivity index (χ3n) is 5.12. The van der Waals surface area contributed by atoms with E-state index in [0.29, 0.717) is 29.5 Å². The first-order valence-corrected chi connectivity index (χ1v) is 9.90. The predicted molar refractivity (Wildman–Crippen MR) is 117 cm³/mol. The molecule has 6 heteroatoms. The Labute approximate surface area is 174 Å². The third kappa shape index (κ3) is 4.94. The Hall–Kier alpha value is -2.99. The SMILES string of the molecule is C=CC(CCNC)NC(=C)CCc1c(-c2ccc(F)cc2)[nH]c2c(F)cc(F)cc12. The van der Waals surface area contributed by atoms with Gasteiger partial charge in [0.15, 0.2) is 0 Å². The van der Waals surface area contributed by atoms with Gasteiger partial charge in [0.1, 0.15) is 17.5 Å². The van der Waals surface area contributed by atoms with Gasteiger partial charge in [-0.25, -0.2) is 13.2 Å². The Morgan fingerprint density at radius 3 is 2.53 bits per heavy atom. The number of aromatic nitrogens is 1. The van der Waals surface area contributed by atoms with Gasteiger partial charge in [-0.3, -0.25) is 0 Å². The first-order chi connectivity index (χ1) is 14.4. The molecule has 2 aromatic carbocycles. The lowest BCUT2D eigenvalue weighted by Gasteiger charge is -2.18. The highest BCUT2D eigenvalue weighted by Gasteiger charge is 2.17. The van der Waals surface area contributed by atoms with Crippen molar-refractivity contribution in [2.24, 2.45) is 0 Å². The van der Waals surface area contributed by atoms with E-state index in [1.54, 1.807) is 12.1 Å². The van der Waals surface area contributed by atoms with E-state index in [0.717, 1.165) is 30.3 Å². The molecular weight excluding hydrogens is 387 g/mol. The van der Waals surface area contributed by atoms with Crippen molar-refractivity contribution in [3.8, 4) is 11.3 Å². The Morgan fingerprint density at radius 1 is 1.13 bits per heavy atom. The van der Waals surface area contributed by atoms with Crippen molar-refractivity contribution in [1.29, 1.82) is 0 Å². The molecule has 1 heterocycles. The lowest BCUT2D eigenvalue weighted by Crippen LogP contribution is -2.29. The normalized spacial score (nSPS) is 12.1. The summed E-state index contributed by atoms with van der Waals surface area (Å²) in [6.45, 7) is 8.78. The summed E-state index contributed by atoms with van der Waals surface area (Å²) >= 11 is 0. The van der Waals surface area contributed by atoms with Crippen molar-refractivity contribution in [3.63, 3.8) is 0 Å². The maximum Gasteiger partial charge on any atom is 0.150 e. The fourth-order valence-corrected chi connectivity index (χ4v) is 3.56. The molecule has 158 valence electrons. The lowest BCUT2D eigenvalue weighted by molar-refractivity contribution is 0.580. The van der Waals surface area contributed by atoms with Crippen LogP contribution in [0.2, 0.25) is 0 Å². The second-order valence-electron chi connectivity index (χ2n) is 7.28. The average Bonchev–Trinajstić information content (AvgIpc) is 3.08. The Kier molecular flexibility index (Phi) is 7.00. The number of hydrogen-bond acceptors (Lipinski definition) is 2. The van der Waals surface area contributed by atoms with Crippen LogP contribution in [-0.2, 0) is 6.42 Å². The molecule has 0 aliphatic rings. The van der Waals surface area contributed by atoms with Gasteiger partial charge in [0.2, 0.25) is 0 Å². The minimum atomic E-state index is -0.657. The van der Waals surface area contributed by atoms with Crippen molar-refractivity contribution in [2.75, 3.05) is 13.6 Å². The largest absolute Gasteiger partial charge is 0.383 e. The molecule has 3 nitrogen and oxygen atoms in total. The van der Waals surface area contributed by atoms with Crippen LogP contribution >= 0.6 is 0 Å². The zero-order valence-corrected chi connectivity index (χ0v) is 17.0. The van der Waals surface area contributed by atoms with Gasteiger partial charge in [-0.1, -0.05) is 12.7 Å². The van der Waals surface area contributed by atoms with Crippen molar-refractivity contribution < 1.29 is 13.2 Å². The summed E-state index contributed by atoms with van der Waals surface area (Å²) in [6.07, 6.45) is 3.78. The summed E-state index contributed by atoms with van der Waals surface area (Å²) in [5, 5.41) is 6.92. The van der Waals surface area contributed by atoms with Crippen molar-refractivity contribution in [1.82, 2.24) is 15.6 Å². The second-order valence-corrected chi connectivity index (χ2v) is 7.28. The molecule has 0 radical (unpaired) electrons. The molecule has 0 saturated carbocycles. The number of benzene rings is 2. The van der Waals surface area contributed by atoms with Crippen LogP contribution in [-0.4, -0.2) is 24.6 Å². The average molecular weight is 413 g/mol. The van der Waals surface area contributed by atoms with Gasteiger partial charge in [0.05, 0.1) is 5.52 Å². The molecule has 0 bridgehead atoms. The van der Waals surface area contributed by atoms with Gasteiger partial charge >= 0.3 is 0 Å². The van der Waals surface area contributed by atoms with E-state index in [1.165, 1.54) is 18.2 Å². The summed E-state index contributed by atoms with van der Waals surface area (Å²) in [6, 6.07) is 8.20. The molecule has 0 aliphatic carbocycles. The highest BCUT2D eigenvalue weighted by molar-refractivity contribution is 5.91. The zero-order valence-electron chi connectivity index (χ0n) is 17.0. The predicted octanol–water partition coefficient (Wildman–Crippen LogP) is 5.45. The van der Waals surface area contributed by atoms with Crippen LogP contribution in [0.3, 0.4) is 0 Å². The summed E-state index contributed by atoms with van der Waals surface area (Å²) < 4.78 is 41.7. The molecule has 3 aromatic rings. The van der Waals surface area contributed by atoms with Gasteiger partial charge < -0.3 is 15.6 Å². The van der Waals surface area contributed by atoms with Crippen molar-refractivity contribution in [3.05, 3.63) is 84.3 Å². The fourth-order valence-electron chi connectivity index (χ4n) is 3.56. The molecule has 1 unspecified atom stereocenters. The van der Waals surface area contributed by atoms with E-state index in [4.69, 9.17) is 0 Å². The molecular formula is C24H26F3N3. The highest BCUT2D eigenvalue weighted by Crippen LogP contribution is 2.33. The summed E-state index contributed by atoms with van der Waals surface area (Å²) in [5.41, 5.74) is 3.18. The molecule has 0 amide bonds. The van der Waals surface area contributed by atoms with E-state index >= 15 is 0 Å². The van der Waals surface area contributed by atoms with Gasteiger partial charge in [-0.2, -0.15) is 0 Å². The maximum absolute atomic E-state index is 14.4. The minimum Gasteiger partial charge on any atom is -0.383 e. The van der Waals surface area contributed by atoms with Gasteiger partial charge in [0, 0.05) is 28.9 Å². The van der Waals surface area contributed by atoms with Gasteiger partial charge in [-0.15, -0.1) is 6.58 Å². The molecule has 0 spiro atoms. The van der Waals surface area contributed by atoms with Crippen LogP contribution in [0.5, 0.6) is 0 Å². The first kappa shape index (κ1) is 21.7. The number of allylic oxidation sites excluding steroid dienone is 1. The molecule has 1 atom stereocenters. The van der Waals surface area contributed by atoms with E-state index in [9.17, 15) is 13.2 Å². The quantitative estimate of drug-likeness (QED) is 0.387. The van der Waals surface area contributed by atoms with Crippen LogP contribution in [0.25, 0.3) is 22.2 Å². The number of fused-ring (bicyclic) bond motifs is 1. The number of H-pyrrole nitrogens is 1. The zero-order chi connectivity index (χ0) is 21.7. The standard InChI is InChI=1S/C24H26F3N3/c1-4-19(11-12-28-3)29-15(2)5-10-20-21-13-18(26)14-22(27)24(21)30-23(20)16-6-8-17(25)9-7-16/h4,6-9,13-14,19,28-30H,1-2,5,10-12H2,3H3. The molecule has 0 fully saturated rings. The second kappa shape index (κ2) is 9.67. The number of aryl methyl sites for hydroxylation is 1. The van der Waals surface area contributed by atoms with E-state index < -0.39 is 11.6 Å². The Bertz CT molecular complexity index is 1040. The number of halogens is 3. The van der Waals surface area contributed by atoms with E-state index in [2.05, 4.69) is 28.8 Å². The number of rotatable bonds is 10. The van der Waals surface area contributed by atoms with E-state index in [-0.39, 0.29) is 17.4 Å². The highest BCUT2D eigenvalue weighted by atomic mass is 19.1. The molecule has 3 N–H and O–H groups in total. The first-order valence-electron chi connectivity index (χ1n) is 9.90. The van der Waals surface area contributed by atoms with Crippen LogP contribution in [0, 0.1) is 17.5 Å². The van der Waals surface area contributed by atoms with Crippen LogP contribution in [0.1, 0.15) is 18.4 Å². The topological polar surface area (TPSA) is 39.8 Å². The van der Waals surface area contributed by atoms with Gasteiger partial charge in [-0.05, 0) is 74.3 Å². The molecule has 0 aliphatic heterocycles. The number of hydrogen-bond donors (Lipinski definition) is 3. The van der Waals surface area contributed by atoms with Crippen LogP contribution in [0.4, 0.5) is 13.2 Å². The third-order valence-corrected chi connectivity index (χ3v) is 5.12. The Balaban J connectivity index is 1.89. The monoisotopic (exact) mass is 413 g/mol. The summed E-state index contributed by atoms with van der Waals surface area (Å²) in [5.74, 6) is -1.65. The summed E-state index contributed by atoms with van der Waals surface area (Å²) in [7, 11) is 1.89.